The van der Waals surface area contributed by atoms with Gasteiger partial charge in [-0.1, -0.05) is 0 Å². The maximum Gasteiger partial charge on any atom is 1.00 e. The first kappa shape index (κ1) is 33.7. The van der Waals surface area contributed by atoms with E-state index in [0.29, 0.717) is 22.1 Å². The summed E-state index contributed by atoms with van der Waals surface area (Å²) in [5.74, 6) is 0. The van der Waals surface area contributed by atoms with Crippen LogP contribution in [0.4, 0.5) is 0 Å². The topological polar surface area (TPSA) is 145 Å². The van der Waals surface area contributed by atoms with Crippen molar-refractivity contribution >= 4 is 15.6 Å². The van der Waals surface area contributed by atoms with Crippen LogP contribution in [0.25, 0.3) is 0 Å². The molecule has 0 atom stereocenters. The van der Waals surface area contributed by atoms with E-state index in [-0.39, 0.29) is 72.3 Å². The molecule has 0 aromatic heterocycles. The zero-order valence-electron chi connectivity index (χ0n) is 15.9. The number of phosphoric ester groups is 2. The third-order valence-corrected chi connectivity index (χ3v) is 3.02. The quantitative estimate of drug-likeness (QED) is 0.218. The number of hydrogen-bond donors (Lipinski definition) is 0. The first-order valence-corrected chi connectivity index (χ1v) is 9.27. The molecule has 0 aliphatic carbocycles. The van der Waals surface area contributed by atoms with E-state index in [1.807, 2.05) is 42.3 Å². The molecule has 14 heteroatoms. The van der Waals surface area contributed by atoms with Gasteiger partial charge in [-0.25, -0.2) is 0 Å². The van der Waals surface area contributed by atoms with Crippen molar-refractivity contribution < 1.29 is 106 Å². The van der Waals surface area contributed by atoms with Gasteiger partial charge in [0.1, 0.15) is 26.3 Å². The predicted octanol–water partition coefficient (Wildman–Crippen LogP) is -8.92. The number of likely N-dealkylation sites (N-methyl/N-ethyl adjacent to an activating group) is 2. The Kier molecular flexibility index (Phi) is 19.9. The largest absolute Gasteiger partial charge is 1.00 e. The fraction of sp³-hybridized carbons (Fsp3) is 1.00. The first-order chi connectivity index (χ1) is 9.41. The average molecular weight is 410 g/mol. The van der Waals surface area contributed by atoms with Crippen LogP contribution in [-0.2, 0) is 18.2 Å². The Morgan fingerprint density at radius 2 is 0.875 bits per heavy atom. The summed E-state index contributed by atoms with van der Waals surface area (Å²) in [6, 6.07) is 0. The molecule has 0 aliphatic rings. The van der Waals surface area contributed by atoms with E-state index in [2.05, 4.69) is 9.05 Å². The van der Waals surface area contributed by atoms with Gasteiger partial charge in [-0.2, -0.15) is 0 Å². The molecule has 10 nitrogen and oxygen atoms in total. The fourth-order valence-corrected chi connectivity index (χ4v) is 1.46. The van der Waals surface area contributed by atoms with Crippen molar-refractivity contribution in [3.05, 3.63) is 0 Å². The number of hydrogen-bond acceptors (Lipinski definition) is 8. The van der Waals surface area contributed by atoms with Gasteiger partial charge in [-0.05, 0) is 0 Å². The Morgan fingerprint density at radius 1 is 0.667 bits per heavy atom. The van der Waals surface area contributed by atoms with E-state index in [4.69, 9.17) is 0 Å². The van der Waals surface area contributed by atoms with Gasteiger partial charge in [0.2, 0.25) is 0 Å². The van der Waals surface area contributed by atoms with Crippen molar-refractivity contribution in [2.75, 3.05) is 68.6 Å². The van der Waals surface area contributed by atoms with Crippen LogP contribution < -0.4 is 78.7 Å². The van der Waals surface area contributed by atoms with E-state index in [9.17, 15) is 28.7 Å². The van der Waals surface area contributed by atoms with E-state index in [1.165, 1.54) is 0 Å². The normalized spacial score (nSPS) is 12.4. The second kappa shape index (κ2) is 14.2. The minimum atomic E-state index is -4.76. The molecule has 0 spiro atoms. The molecule has 0 bridgehead atoms. The van der Waals surface area contributed by atoms with Crippen molar-refractivity contribution in [3.63, 3.8) is 0 Å². The summed E-state index contributed by atoms with van der Waals surface area (Å²) in [7, 11) is 1.75. The van der Waals surface area contributed by atoms with Crippen LogP contribution >= 0.6 is 15.6 Å². The van der Waals surface area contributed by atoms with Crippen LogP contribution in [0.2, 0.25) is 0 Å². The number of quaternary nitrogens is 2. The fourth-order valence-electron chi connectivity index (χ4n) is 0.853. The first-order valence-electron chi connectivity index (χ1n) is 6.35. The minimum Gasteiger partial charge on any atom is -0.790 e. The molecule has 136 valence electrons. The molecule has 0 unspecified atom stereocenters. The average Bonchev–Trinajstić information content (AvgIpc) is 2.08. The van der Waals surface area contributed by atoms with Crippen molar-refractivity contribution in [3.8, 4) is 0 Å². The molecule has 24 heavy (non-hydrogen) atoms. The molecule has 0 fully saturated rings. The van der Waals surface area contributed by atoms with Crippen molar-refractivity contribution in [2.45, 2.75) is 0 Å². The van der Waals surface area contributed by atoms with Gasteiger partial charge < -0.3 is 46.7 Å². The van der Waals surface area contributed by atoms with Gasteiger partial charge >= 0.3 is 59.1 Å². The van der Waals surface area contributed by atoms with E-state index < -0.39 is 15.6 Å². The van der Waals surface area contributed by atoms with E-state index in [0.717, 1.165) is 0 Å². The van der Waals surface area contributed by atoms with Crippen LogP contribution in [0.1, 0.15) is 0 Å². The summed E-state index contributed by atoms with van der Waals surface area (Å²) in [6.07, 6.45) is 0. The standard InChI is InChI=1S/2C5H14NO4P.2Na/c2*1-6(2,3)4-5-10-11(7,8)9;;/h2*4-5H2,1-3H3,(H-,7,8,9);;/q;;2*+1/p-2. The van der Waals surface area contributed by atoms with Gasteiger partial charge in [0.25, 0.3) is 0 Å². The number of nitrogens with zero attached hydrogens (tertiary/aromatic N) is 2. The van der Waals surface area contributed by atoms with Crippen molar-refractivity contribution in [1.82, 2.24) is 0 Å². The smallest absolute Gasteiger partial charge is 0.790 e. The second-order valence-electron chi connectivity index (χ2n) is 6.59. The van der Waals surface area contributed by atoms with Crippen LogP contribution in [-0.4, -0.2) is 77.6 Å². The Morgan fingerprint density at radius 3 is 1.00 bits per heavy atom. The van der Waals surface area contributed by atoms with Gasteiger partial charge in [0.15, 0.2) is 0 Å². The Bertz CT molecular complexity index is 365. The molecule has 0 saturated carbocycles. The zero-order chi connectivity index (χ0) is 18.2. The Hall–Kier alpha value is 2.14. The van der Waals surface area contributed by atoms with Gasteiger partial charge in [-0.3, -0.25) is 0 Å². The van der Waals surface area contributed by atoms with Gasteiger partial charge in [0.05, 0.1) is 57.9 Å². The minimum absolute atomic E-state index is 0. The maximum absolute atomic E-state index is 9.96. The monoisotopic (exact) mass is 410 g/mol. The third-order valence-electron chi connectivity index (χ3n) is 2.02. The van der Waals surface area contributed by atoms with Crippen molar-refractivity contribution in [2.24, 2.45) is 0 Å². The van der Waals surface area contributed by atoms with Gasteiger partial charge in [0, 0.05) is 0 Å². The summed E-state index contributed by atoms with van der Waals surface area (Å²) in [4.78, 5) is 39.8. The van der Waals surface area contributed by atoms with Gasteiger partial charge in [-0.15, -0.1) is 0 Å². The van der Waals surface area contributed by atoms with E-state index in [1.54, 1.807) is 0 Å². The van der Waals surface area contributed by atoms with E-state index >= 15 is 0 Å². The Labute approximate surface area is 188 Å². The molecule has 0 aliphatic heterocycles. The van der Waals surface area contributed by atoms with Crippen LogP contribution in [0.15, 0.2) is 0 Å². The Balaban J connectivity index is -0.000000154. The van der Waals surface area contributed by atoms with Crippen molar-refractivity contribution in [1.29, 1.82) is 0 Å². The molecular weight excluding hydrogens is 384 g/mol. The molecule has 0 N–H and O–H groups in total. The summed E-state index contributed by atoms with van der Waals surface area (Å²) in [5, 5.41) is 0. The summed E-state index contributed by atoms with van der Waals surface area (Å²) in [5.41, 5.74) is 0. The molecule has 0 saturated heterocycles. The van der Waals surface area contributed by atoms with Crippen LogP contribution in [0.5, 0.6) is 0 Å². The third kappa shape index (κ3) is 39.3. The summed E-state index contributed by atoms with van der Waals surface area (Å²) < 4.78 is 29.1. The van der Waals surface area contributed by atoms with Crippen LogP contribution in [0.3, 0.4) is 0 Å². The van der Waals surface area contributed by atoms with Crippen LogP contribution in [0, 0.1) is 0 Å². The zero-order valence-corrected chi connectivity index (χ0v) is 21.7. The second-order valence-corrected chi connectivity index (χ2v) is 8.89. The molecule has 0 heterocycles. The number of phosphoric acid groups is 2. The summed E-state index contributed by atoms with van der Waals surface area (Å²) >= 11 is 0. The molecule has 0 aromatic rings. The molecule has 0 aromatic carbocycles. The molecule has 0 rings (SSSR count). The summed E-state index contributed by atoms with van der Waals surface area (Å²) in [6.45, 7) is 0.893. The molecule has 0 amide bonds. The SMILES string of the molecule is C[N+](C)(C)CCOP(=O)([O-])[O-].C[N+](C)(C)CCOP(=O)([O-])[O-].[Na+].[Na+]. The molecule has 0 radical (unpaired) electrons. The predicted molar refractivity (Wildman–Crippen MR) is 72.9 cm³/mol. The maximum atomic E-state index is 9.96. The number of rotatable bonds is 8. The molecular formula is C10H26N2Na2O8P2.